The Labute approximate surface area is 659 Å². The molecule has 6 heterocycles. The molecule has 0 fully saturated rings. The fourth-order valence-corrected chi connectivity index (χ4v) is 15.0. The Morgan fingerprint density at radius 1 is 0.190 bits per heavy atom. The van der Waals surface area contributed by atoms with E-state index in [9.17, 15) is 0 Å². The standard InChI is InChI=1S/C97H57F5N14/c98-71-49-70(50-72(99)55-71)77-56-84(116-81-53-68(95-111-89(62-33-17-5-18-34-62)105-90(112-95)63-35-19-6-20-36-63)43-47-75(81)76-48-44-69(54-82(76)116)96-113-91(64-37-21-7-22-38-64)106-92(114-96)65-39-23-8-24-40-65)78(97(100,101)102)57-83(77)115-79-51-66(93-107-85(58-25-9-1-10-26-58)103-86(108-93)59-27-11-2-12-28-59)41-45-73(79)74-46-42-67(52-80(74)115)94-109-87(60-29-13-3-14-30-60)104-88(110-94)61-31-15-4-16-32-61/h1-57H. The molecule has 0 bridgehead atoms. The number of benzene rings is 14. The molecule has 0 spiro atoms. The van der Waals surface area contributed by atoms with Gasteiger partial charge in [-0.05, 0) is 54.1 Å². The Morgan fingerprint density at radius 2 is 0.397 bits per heavy atom. The lowest BCUT2D eigenvalue weighted by molar-refractivity contribution is -0.137. The van der Waals surface area contributed by atoms with E-state index in [1.54, 1.807) is 21.3 Å². The molecule has 0 unspecified atom stereocenters. The second-order valence-electron chi connectivity index (χ2n) is 27.8. The van der Waals surface area contributed by atoms with Crippen LogP contribution in [-0.2, 0) is 6.18 Å². The van der Waals surface area contributed by atoms with Gasteiger partial charge in [-0.2, -0.15) is 13.2 Å². The highest BCUT2D eigenvalue weighted by Crippen LogP contribution is 2.48. The number of nitrogens with zero attached hydrogens (tertiary/aromatic N) is 14. The van der Waals surface area contributed by atoms with E-state index in [0.29, 0.717) is 146 Å². The SMILES string of the molecule is Fc1cc(F)cc(-c2cc(-n3c4cc(-c5nc(-c6ccccc6)nc(-c6ccccc6)n5)ccc4c4ccc(-c5nc(-c6ccccc6)nc(-c6ccccc6)n5)cc43)c(C(F)(F)F)cc2-n2c3cc(-c4nc(-c5ccccc5)nc(-c5ccccc5)n4)ccc3c3ccc(-c4nc(-c5ccccc5)nc(-c5ccccc5)n4)cc32)c1. The van der Waals surface area contributed by atoms with E-state index >= 15 is 22.0 Å². The van der Waals surface area contributed by atoms with Gasteiger partial charge in [-0.25, -0.2) is 68.6 Å². The molecule has 0 amide bonds. The minimum atomic E-state index is -5.20. The molecule has 0 aliphatic rings. The number of hydrogen-bond acceptors (Lipinski definition) is 12. The Kier molecular flexibility index (Phi) is 17.3. The predicted molar refractivity (Wildman–Crippen MR) is 444 cm³/mol. The summed E-state index contributed by atoms with van der Waals surface area (Å²) in [5.41, 5.74) is 7.01. The molecule has 14 aromatic carbocycles. The normalized spacial score (nSPS) is 11.7. The molecule has 0 atom stereocenters. The molecule has 0 aliphatic carbocycles. The first kappa shape index (κ1) is 69.6. The smallest absolute Gasteiger partial charge is 0.309 e. The van der Waals surface area contributed by atoms with Gasteiger partial charge in [-0.15, -0.1) is 0 Å². The highest BCUT2D eigenvalue weighted by atomic mass is 19.4. The third-order valence-electron chi connectivity index (χ3n) is 20.4. The summed E-state index contributed by atoms with van der Waals surface area (Å²) >= 11 is 0. The van der Waals surface area contributed by atoms with Crippen LogP contribution in [0.3, 0.4) is 0 Å². The third kappa shape index (κ3) is 13.1. The van der Waals surface area contributed by atoms with Gasteiger partial charge in [-0.1, -0.05) is 291 Å². The van der Waals surface area contributed by atoms with Gasteiger partial charge < -0.3 is 9.13 Å². The maximum Gasteiger partial charge on any atom is 0.418 e. The van der Waals surface area contributed by atoms with Crippen LogP contribution in [0.2, 0.25) is 0 Å². The molecule has 20 rings (SSSR count). The molecule has 6 aromatic heterocycles. The molecule has 116 heavy (non-hydrogen) atoms. The van der Waals surface area contributed by atoms with Crippen LogP contribution in [-0.4, -0.2) is 68.9 Å². The van der Waals surface area contributed by atoms with Crippen molar-refractivity contribution < 1.29 is 22.0 Å². The first-order chi connectivity index (χ1) is 56.9. The van der Waals surface area contributed by atoms with Crippen molar-refractivity contribution in [3.05, 3.63) is 363 Å². The average Bonchev–Trinajstić information content (AvgIpc) is 1.55. The lowest BCUT2D eigenvalue weighted by Gasteiger charge is -2.22. The molecule has 14 nitrogen and oxygen atoms in total. The predicted octanol–water partition coefficient (Wildman–Crippen LogP) is 23.6. The van der Waals surface area contributed by atoms with Gasteiger partial charge in [0.1, 0.15) is 11.6 Å². The first-order valence-electron chi connectivity index (χ1n) is 37.3. The highest BCUT2D eigenvalue weighted by molar-refractivity contribution is 6.13. The van der Waals surface area contributed by atoms with Crippen molar-refractivity contribution in [2.24, 2.45) is 0 Å². The van der Waals surface area contributed by atoms with Crippen LogP contribution in [0.25, 0.3) is 203 Å². The van der Waals surface area contributed by atoms with Crippen molar-refractivity contribution in [2.75, 3.05) is 0 Å². The zero-order valence-electron chi connectivity index (χ0n) is 61.1. The van der Waals surface area contributed by atoms with E-state index in [1.807, 2.05) is 303 Å². The van der Waals surface area contributed by atoms with Crippen LogP contribution in [0.4, 0.5) is 22.0 Å². The summed E-state index contributed by atoms with van der Waals surface area (Å²) in [5.74, 6) is 1.92. The van der Waals surface area contributed by atoms with Gasteiger partial charge in [0.2, 0.25) is 0 Å². The second kappa shape index (κ2) is 28.9. The van der Waals surface area contributed by atoms with Crippen LogP contribution < -0.4 is 0 Å². The van der Waals surface area contributed by atoms with E-state index in [1.165, 1.54) is 6.07 Å². The molecule has 0 saturated heterocycles. The third-order valence-corrected chi connectivity index (χ3v) is 20.4. The molecular weight excluding hydrogens is 1460 g/mol. The van der Waals surface area contributed by atoms with Crippen molar-refractivity contribution in [3.8, 4) is 159 Å². The minimum absolute atomic E-state index is 0.00552. The van der Waals surface area contributed by atoms with Gasteiger partial charge in [0.05, 0.1) is 39.0 Å². The lowest BCUT2D eigenvalue weighted by atomic mass is 9.98. The summed E-state index contributed by atoms with van der Waals surface area (Å²) < 4.78 is 90.4. The highest BCUT2D eigenvalue weighted by Gasteiger charge is 2.38. The summed E-state index contributed by atoms with van der Waals surface area (Å²) in [7, 11) is 0. The number of halogens is 5. The lowest BCUT2D eigenvalue weighted by Crippen LogP contribution is -2.13. The summed E-state index contributed by atoms with van der Waals surface area (Å²) in [4.78, 5) is 60.7. The van der Waals surface area contributed by atoms with E-state index in [0.717, 1.165) is 24.3 Å². The van der Waals surface area contributed by atoms with Crippen molar-refractivity contribution >= 4 is 43.6 Å². The Morgan fingerprint density at radius 3 is 0.612 bits per heavy atom. The summed E-state index contributed by atoms with van der Waals surface area (Å²) in [6, 6.07) is 103. The van der Waals surface area contributed by atoms with Gasteiger partial charge >= 0.3 is 6.18 Å². The monoisotopic (exact) mass is 1510 g/mol. The molecular formula is C97H57F5N14. The summed E-state index contributed by atoms with van der Waals surface area (Å²) in [6.45, 7) is 0. The number of hydrogen-bond donors (Lipinski definition) is 0. The van der Waals surface area contributed by atoms with Crippen molar-refractivity contribution in [3.63, 3.8) is 0 Å². The fourth-order valence-electron chi connectivity index (χ4n) is 15.0. The van der Waals surface area contributed by atoms with E-state index in [2.05, 4.69) is 0 Å². The zero-order chi connectivity index (χ0) is 78.0. The molecule has 19 heteroatoms. The Balaban J connectivity index is 0.889. The van der Waals surface area contributed by atoms with Crippen LogP contribution in [0.1, 0.15) is 5.56 Å². The molecule has 0 N–H and O–H groups in total. The van der Waals surface area contributed by atoms with Crippen LogP contribution >= 0.6 is 0 Å². The Bertz CT molecular complexity index is 6570. The first-order valence-corrected chi connectivity index (χ1v) is 37.3. The van der Waals surface area contributed by atoms with Crippen molar-refractivity contribution in [1.29, 1.82) is 0 Å². The summed E-state index contributed by atoms with van der Waals surface area (Å²) in [6.07, 6.45) is -5.20. The van der Waals surface area contributed by atoms with Crippen LogP contribution in [0.5, 0.6) is 0 Å². The largest absolute Gasteiger partial charge is 0.418 e. The fraction of sp³-hybridized carbons (Fsp3) is 0.0103. The molecule has 0 aliphatic heterocycles. The second-order valence-corrected chi connectivity index (χ2v) is 27.8. The topological polar surface area (TPSA) is 165 Å². The summed E-state index contributed by atoms with van der Waals surface area (Å²) in [5, 5.41) is 2.25. The van der Waals surface area contributed by atoms with Gasteiger partial charge in [0, 0.05) is 99.9 Å². The minimum Gasteiger partial charge on any atom is -0.309 e. The van der Waals surface area contributed by atoms with Crippen LogP contribution in [0, 0.1) is 11.6 Å². The van der Waals surface area contributed by atoms with Gasteiger partial charge in [0.15, 0.2) is 69.9 Å². The maximum atomic E-state index is 17.9. The molecule has 550 valence electrons. The average molecular weight is 1510 g/mol. The van der Waals surface area contributed by atoms with E-state index in [-0.39, 0.29) is 51.1 Å². The molecule has 0 radical (unpaired) electrons. The van der Waals surface area contributed by atoms with Crippen molar-refractivity contribution in [2.45, 2.75) is 6.18 Å². The van der Waals surface area contributed by atoms with Gasteiger partial charge in [0.25, 0.3) is 0 Å². The van der Waals surface area contributed by atoms with E-state index in [4.69, 9.17) is 59.8 Å². The van der Waals surface area contributed by atoms with Crippen molar-refractivity contribution in [1.82, 2.24) is 68.9 Å². The number of alkyl halides is 3. The van der Waals surface area contributed by atoms with E-state index < -0.39 is 29.1 Å². The Hall–Kier alpha value is -15.6. The van der Waals surface area contributed by atoms with Crippen LogP contribution in [0.15, 0.2) is 346 Å². The quantitative estimate of drug-likeness (QED) is 0.0894. The number of aromatic nitrogens is 14. The zero-order valence-corrected chi connectivity index (χ0v) is 61.1. The van der Waals surface area contributed by atoms with Gasteiger partial charge in [-0.3, -0.25) is 0 Å². The molecule has 0 saturated carbocycles. The maximum absolute atomic E-state index is 17.9. The molecule has 20 aromatic rings. The number of fused-ring (bicyclic) bond motifs is 6. The number of rotatable bonds is 15.